The van der Waals surface area contributed by atoms with Crippen molar-refractivity contribution in [3.05, 3.63) is 12.2 Å². The first kappa shape index (κ1) is 13.1. The number of allylic oxidation sites excluding steroid dienone is 2. The van der Waals surface area contributed by atoms with Crippen molar-refractivity contribution in [1.29, 1.82) is 0 Å². The van der Waals surface area contributed by atoms with Crippen LogP contribution in [0.3, 0.4) is 0 Å². The quantitative estimate of drug-likeness (QED) is 0.764. The van der Waals surface area contributed by atoms with Gasteiger partial charge in [0.25, 0.3) is 0 Å². The van der Waals surface area contributed by atoms with E-state index < -0.39 is 0 Å². The molecule has 1 saturated carbocycles. The van der Waals surface area contributed by atoms with Gasteiger partial charge in [0.15, 0.2) is 0 Å². The number of amides is 1. The van der Waals surface area contributed by atoms with E-state index in [-0.39, 0.29) is 12.5 Å². The third-order valence-corrected chi connectivity index (χ3v) is 4.91. The topological polar surface area (TPSA) is 43.8 Å². The molecule has 1 N–H and O–H groups in total. The first-order valence-corrected chi connectivity index (χ1v) is 7.58. The Morgan fingerprint density at radius 3 is 2.74 bits per heavy atom. The lowest BCUT2D eigenvalue weighted by molar-refractivity contribution is -0.136. The van der Waals surface area contributed by atoms with Crippen LogP contribution in [0.15, 0.2) is 12.2 Å². The normalized spacial score (nSPS) is 34.8. The molecule has 106 valence electrons. The van der Waals surface area contributed by atoms with E-state index in [0.29, 0.717) is 17.7 Å². The van der Waals surface area contributed by atoms with Crippen LogP contribution in [0, 0.1) is 17.8 Å². The zero-order valence-electron chi connectivity index (χ0n) is 11.5. The van der Waals surface area contributed by atoms with Gasteiger partial charge >= 0.3 is 0 Å². The summed E-state index contributed by atoms with van der Waals surface area (Å²) in [6.07, 6.45) is 7.84. The van der Waals surface area contributed by atoms with Gasteiger partial charge in [-0.05, 0) is 37.6 Å². The number of hydrogen-bond donors (Lipinski definition) is 1. The lowest BCUT2D eigenvalue weighted by atomic mass is 9.92. The molecule has 1 saturated heterocycles. The summed E-state index contributed by atoms with van der Waals surface area (Å²) in [5.41, 5.74) is 0. The van der Waals surface area contributed by atoms with Crippen molar-refractivity contribution in [2.75, 3.05) is 39.3 Å². The Balaban J connectivity index is 1.57. The van der Waals surface area contributed by atoms with Crippen molar-refractivity contribution in [3.63, 3.8) is 0 Å². The molecular formula is C15H24N2O2. The van der Waals surface area contributed by atoms with Crippen molar-refractivity contribution in [2.45, 2.75) is 19.3 Å². The summed E-state index contributed by atoms with van der Waals surface area (Å²) in [6.45, 7) is 4.57. The second-order valence-corrected chi connectivity index (χ2v) is 6.13. The molecule has 3 rings (SSSR count). The minimum Gasteiger partial charge on any atom is -0.395 e. The maximum atomic E-state index is 12.6. The Bertz CT molecular complexity index is 369. The van der Waals surface area contributed by atoms with Crippen molar-refractivity contribution in [2.24, 2.45) is 17.8 Å². The molecule has 2 bridgehead atoms. The highest BCUT2D eigenvalue weighted by molar-refractivity contribution is 5.80. The predicted octanol–water partition coefficient (Wildman–Crippen LogP) is 0.725. The fraction of sp³-hybridized carbons (Fsp3) is 0.800. The van der Waals surface area contributed by atoms with E-state index in [2.05, 4.69) is 22.0 Å². The Morgan fingerprint density at radius 1 is 1.16 bits per heavy atom. The van der Waals surface area contributed by atoms with E-state index >= 15 is 0 Å². The Labute approximate surface area is 115 Å². The minimum absolute atomic E-state index is 0.213. The number of nitrogens with zero attached hydrogens (tertiary/aromatic N) is 2. The Hall–Kier alpha value is -0.870. The van der Waals surface area contributed by atoms with Crippen molar-refractivity contribution >= 4 is 5.91 Å². The molecule has 0 spiro atoms. The average molecular weight is 264 g/mol. The molecule has 0 aromatic rings. The van der Waals surface area contributed by atoms with Gasteiger partial charge in [-0.3, -0.25) is 9.69 Å². The summed E-state index contributed by atoms with van der Waals surface area (Å²) in [5, 5.41) is 9.00. The molecule has 2 aliphatic carbocycles. The maximum Gasteiger partial charge on any atom is 0.226 e. The van der Waals surface area contributed by atoms with Crippen LogP contribution in [0.25, 0.3) is 0 Å². The average Bonchev–Trinajstić information content (AvgIpc) is 2.97. The van der Waals surface area contributed by atoms with Gasteiger partial charge in [-0.2, -0.15) is 0 Å². The van der Waals surface area contributed by atoms with Crippen molar-refractivity contribution in [3.8, 4) is 0 Å². The highest BCUT2D eigenvalue weighted by atomic mass is 16.3. The maximum absolute atomic E-state index is 12.6. The van der Waals surface area contributed by atoms with E-state index in [9.17, 15) is 4.79 Å². The van der Waals surface area contributed by atoms with Crippen LogP contribution >= 0.6 is 0 Å². The molecule has 0 aromatic heterocycles. The van der Waals surface area contributed by atoms with E-state index in [1.165, 1.54) is 6.42 Å². The second kappa shape index (κ2) is 5.63. The molecule has 4 nitrogen and oxygen atoms in total. The SMILES string of the molecule is O=C(C1CC2C=CC1C2)N1CCCN(CCO)CC1. The number of hydrogen-bond acceptors (Lipinski definition) is 3. The molecule has 3 atom stereocenters. The molecular weight excluding hydrogens is 240 g/mol. The number of aliphatic hydroxyl groups is 1. The predicted molar refractivity (Wildman–Crippen MR) is 73.6 cm³/mol. The van der Waals surface area contributed by atoms with Crippen LogP contribution in [0.1, 0.15) is 19.3 Å². The highest BCUT2D eigenvalue weighted by Gasteiger charge is 2.41. The largest absolute Gasteiger partial charge is 0.395 e. The van der Waals surface area contributed by atoms with Crippen LogP contribution in [0.4, 0.5) is 0 Å². The number of aliphatic hydroxyl groups excluding tert-OH is 1. The summed E-state index contributed by atoms with van der Waals surface area (Å²) in [7, 11) is 0. The van der Waals surface area contributed by atoms with Crippen molar-refractivity contribution < 1.29 is 9.90 Å². The number of carbonyl (C=O) groups is 1. The smallest absolute Gasteiger partial charge is 0.226 e. The van der Waals surface area contributed by atoms with E-state index in [4.69, 9.17) is 5.11 Å². The molecule has 4 heteroatoms. The van der Waals surface area contributed by atoms with Gasteiger partial charge in [-0.1, -0.05) is 12.2 Å². The standard InChI is InChI=1S/C15H24N2O2/c18-9-8-16-4-1-5-17(7-6-16)15(19)14-11-12-2-3-13(14)10-12/h2-3,12-14,18H,1,4-11H2. The van der Waals surface area contributed by atoms with Crippen LogP contribution < -0.4 is 0 Å². The molecule has 3 aliphatic rings. The van der Waals surface area contributed by atoms with Crippen LogP contribution in [-0.2, 0) is 4.79 Å². The van der Waals surface area contributed by atoms with Crippen LogP contribution in [-0.4, -0.2) is 60.1 Å². The Morgan fingerprint density at radius 2 is 2.05 bits per heavy atom. The molecule has 0 radical (unpaired) electrons. The van der Waals surface area contributed by atoms with E-state index in [1.807, 2.05) is 0 Å². The van der Waals surface area contributed by atoms with Gasteiger partial charge in [0.1, 0.15) is 0 Å². The summed E-state index contributed by atoms with van der Waals surface area (Å²) in [5.74, 6) is 1.80. The molecule has 1 aliphatic heterocycles. The Kier molecular flexibility index (Phi) is 3.89. The molecule has 19 heavy (non-hydrogen) atoms. The molecule has 0 aromatic carbocycles. The fourth-order valence-corrected chi connectivity index (χ4v) is 3.86. The van der Waals surface area contributed by atoms with Gasteiger partial charge in [-0.15, -0.1) is 0 Å². The van der Waals surface area contributed by atoms with Gasteiger partial charge in [-0.25, -0.2) is 0 Å². The van der Waals surface area contributed by atoms with Gasteiger partial charge in [0.2, 0.25) is 5.91 Å². The first-order chi connectivity index (χ1) is 9.28. The molecule has 1 heterocycles. The van der Waals surface area contributed by atoms with Gasteiger partial charge in [0, 0.05) is 32.1 Å². The zero-order chi connectivity index (χ0) is 13.2. The van der Waals surface area contributed by atoms with E-state index in [0.717, 1.165) is 45.6 Å². The van der Waals surface area contributed by atoms with Crippen LogP contribution in [0.2, 0.25) is 0 Å². The summed E-state index contributed by atoms with van der Waals surface area (Å²) in [6, 6.07) is 0. The van der Waals surface area contributed by atoms with Gasteiger partial charge < -0.3 is 10.0 Å². The highest BCUT2D eigenvalue weighted by Crippen LogP contribution is 2.44. The summed E-state index contributed by atoms with van der Waals surface area (Å²) in [4.78, 5) is 17.0. The van der Waals surface area contributed by atoms with Gasteiger partial charge in [0.05, 0.1) is 6.61 Å². The third-order valence-electron chi connectivity index (χ3n) is 4.91. The lowest BCUT2D eigenvalue weighted by Gasteiger charge is -2.27. The number of β-amino-alcohol motifs (C(OH)–C–C–N with tert-alkyl or cyclic N) is 1. The first-order valence-electron chi connectivity index (χ1n) is 7.58. The minimum atomic E-state index is 0.213. The number of carbonyl (C=O) groups excluding carboxylic acids is 1. The monoisotopic (exact) mass is 264 g/mol. The summed E-state index contributed by atoms with van der Waals surface area (Å²) < 4.78 is 0. The zero-order valence-corrected chi connectivity index (χ0v) is 11.5. The summed E-state index contributed by atoms with van der Waals surface area (Å²) >= 11 is 0. The molecule has 2 fully saturated rings. The molecule has 1 amide bonds. The number of fused-ring (bicyclic) bond motifs is 2. The number of rotatable bonds is 3. The van der Waals surface area contributed by atoms with Crippen molar-refractivity contribution in [1.82, 2.24) is 9.80 Å². The second-order valence-electron chi connectivity index (χ2n) is 6.13. The lowest BCUT2D eigenvalue weighted by Crippen LogP contribution is -2.40. The molecule has 3 unspecified atom stereocenters. The van der Waals surface area contributed by atoms with Crippen LogP contribution in [0.5, 0.6) is 0 Å². The third kappa shape index (κ3) is 2.70. The van der Waals surface area contributed by atoms with E-state index in [1.54, 1.807) is 0 Å². The fourth-order valence-electron chi connectivity index (χ4n) is 3.86.